The van der Waals surface area contributed by atoms with E-state index in [9.17, 15) is 14.7 Å². The SMILES string of the molecule is CC(C)(C)N(CCC1CNC(=O)c2cc(-c3ccnc(Cl)c3)c(-c3ccncc3)n21)C(=O)O. The maximum Gasteiger partial charge on any atom is 0.407 e. The van der Waals surface area contributed by atoms with Crippen LogP contribution in [0.15, 0.2) is 48.9 Å². The molecule has 3 aromatic heterocycles. The molecule has 0 aromatic carbocycles. The van der Waals surface area contributed by atoms with Crippen LogP contribution in [-0.2, 0) is 0 Å². The van der Waals surface area contributed by atoms with E-state index < -0.39 is 11.6 Å². The van der Waals surface area contributed by atoms with E-state index in [4.69, 9.17) is 11.6 Å². The van der Waals surface area contributed by atoms with E-state index in [0.29, 0.717) is 30.4 Å². The van der Waals surface area contributed by atoms with Crippen LogP contribution in [0.1, 0.15) is 43.7 Å². The van der Waals surface area contributed by atoms with Crippen LogP contribution in [0.3, 0.4) is 0 Å². The Morgan fingerprint density at radius 2 is 1.91 bits per heavy atom. The molecule has 4 heterocycles. The summed E-state index contributed by atoms with van der Waals surface area (Å²) in [4.78, 5) is 34.3. The van der Waals surface area contributed by atoms with Crippen LogP contribution in [0.2, 0.25) is 5.15 Å². The molecule has 0 spiro atoms. The smallest absolute Gasteiger partial charge is 0.407 e. The van der Waals surface area contributed by atoms with Gasteiger partial charge in [0.15, 0.2) is 0 Å². The highest BCUT2D eigenvalue weighted by Crippen LogP contribution is 2.39. The number of hydrogen-bond acceptors (Lipinski definition) is 4. The summed E-state index contributed by atoms with van der Waals surface area (Å²) in [5.74, 6) is -0.168. The lowest BCUT2D eigenvalue weighted by molar-refractivity contribution is 0.0868. The summed E-state index contributed by atoms with van der Waals surface area (Å²) in [5.41, 5.74) is 3.47. The van der Waals surface area contributed by atoms with E-state index in [2.05, 4.69) is 15.3 Å². The normalized spacial score (nSPS) is 15.6. The lowest BCUT2D eigenvalue weighted by atomic mass is 10.0. The van der Waals surface area contributed by atoms with Crippen molar-refractivity contribution in [1.82, 2.24) is 24.8 Å². The fourth-order valence-corrected chi connectivity index (χ4v) is 4.47. The lowest BCUT2D eigenvalue weighted by Gasteiger charge is -2.36. The van der Waals surface area contributed by atoms with Crippen LogP contribution in [-0.4, -0.2) is 55.2 Å². The van der Waals surface area contributed by atoms with Gasteiger partial charge < -0.3 is 19.9 Å². The topological polar surface area (TPSA) is 100 Å². The van der Waals surface area contributed by atoms with Gasteiger partial charge >= 0.3 is 6.09 Å². The van der Waals surface area contributed by atoms with Crippen LogP contribution in [0, 0.1) is 0 Å². The van der Waals surface area contributed by atoms with Gasteiger partial charge in [-0.25, -0.2) is 9.78 Å². The molecule has 0 fully saturated rings. The van der Waals surface area contributed by atoms with Gasteiger partial charge in [-0.2, -0.15) is 0 Å². The zero-order chi connectivity index (χ0) is 23.8. The molecule has 172 valence electrons. The average molecular weight is 468 g/mol. The Kier molecular flexibility index (Phi) is 6.12. The summed E-state index contributed by atoms with van der Waals surface area (Å²) in [6.07, 6.45) is 4.64. The minimum atomic E-state index is -0.962. The molecule has 33 heavy (non-hydrogen) atoms. The summed E-state index contributed by atoms with van der Waals surface area (Å²) < 4.78 is 2.03. The minimum absolute atomic E-state index is 0.129. The number of nitrogens with one attached hydrogen (secondary N) is 1. The zero-order valence-electron chi connectivity index (χ0n) is 18.7. The summed E-state index contributed by atoms with van der Waals surface area (Å²) in [7, 11) is 0. The van der Waals surface area contributed by atoms with Crippen LogP contribution < -0.4 is 5.32 Å². The summed E-state index contributed by atoms with van der Waals surface area (Å²) in [6.45, 7) is 6.37. The van der Waals surface area contributed by atoms with Crippen molar-refractivity contribution in [2.75, 3.05) is 13.1 Å². The Balaban J connectivity index is 1.83. The van der Waals surface area contributed by atoms with Gasteiger partial charge in [0.1, 0.15) is 10.8 Å². The largest absolute Gasteiger partial charge is 0.465 e. The second kappa shape index (κ2) is 8.86. The number of carboxylic acid groups (broad SMARTS) is 1. The van der Waals surface area contributed by atoms with Gasteiger partial charge in [0.25, 0.3) is 5.91 Å². The van der Waals surface area contributed by atoms with Gasteiger partial charge in [0.2, 0.25) is 0 Å². The van der Waals surface area contributed by atoms with E-state index in [1.165, 1.54) is 4.90 Å². The van der Waals surface area contributed by atoms with Gasteiger partial charge in [-0.1, -0.05) is 11.6 Å². The van der Waals surface area contributed by atoms with E-state index in [-0.39, 0.29) is 11.9 Å². The highest BCUT2D eigenvalue weighted by atomic mass is 35.5. The molecule has 2 N–H and O–H groups in total. The Morgan fingerprint density at radius 3 is 2.55 bits per heavy atom. The molecule has 1 aliphatic rings. The second-order valence-electron chi connectivity index (χ2n) is 9.02. The molecule has 0 saturated carbocycles. The standard InChI is InChI=1S/C24H26ClN5O3/c1-24(2,3)29(23(32)33)11-7-17-14-28-22(31)19-13-18(16-6-10-27-20(25)12-16)21(30(17)19)15-4-8-26-9-5-15/h4-6,8-10,12-13,17H,7,11,14H2,1-3H3,(H,28,31)(H,32,33). The van der Waals surface area contributed by atoms with Crippen molar-refractivity contribution in [1.29, 1.82) is 0 Å². The summed E-state index contributed by atoms with van der Waals surface area (Å²) >= 11 is 6.17. The molecule has 1 unspecified atom stereocenters. The average Bonchev–Trinajstić information content (AvgIpc) is 3.16. The predicted molar refractivity (Wildman–Crippen MR) is 126 cm³/mol. The molecule has 1 atom stereocenters. The molecule has 4 rings (SSSR count). The first-order valence-corrected chi connectivity index (χ1v) is 11.1. The number of nitrogens with zero attached hydrogens (tertiary/aromatic N) is 4. The fraction of sp³-hybridized carbons (Fsp3) is 0.333. The van der Waals surface area contributed by atoms with Crippen molar-refractivity contribution >= 4 is 23.6 Å². The van der Waals surface area contributed by atoms with Crippen LogP contribution in [0.5, 0.6) is 0 Å². The molecule has 3 aromatic rings. The molecule has 8 nitrogen and oxygen atoms in total. The van der Waals surface area contributed by atoms with Crippen molar-refractivity contribution in [3.05, 3.63) is 59.8 Å². The predicted octanol–water partition coefficient (Wildman–Crippen LogP) is 4.72. The maximum absolute atomic E-state index is 12.8. The van der Waals surface area contributed by atoms with Gasteiger partial charge in [-0.05, 0) is 63.1 Å². The van der Waals surface area contributed by atoms with E-state index in [0.717, 1.165) is 22.4 Å². The first kappa shape index (κ1) is 22.8. The van der Waals surface area contributed by atoms with E-state index in [1.807, 2.05) is 49.6 Å². The Bertz CT molecular complexity index is 1190. The molecular formula is C24H26ClN5O3. The molecule has 0 bridgehead atoms. The van der Waals surface area contributed by atoms with Crippen LogP contribution in [0.25, 0.3) is 22.4 Å². The molecule has 0 radical (unpaired) electrons. The summed E-state index contributed by atoms with van der Waals surface area (Å²) in [6, 6.07) is 9.16. The lowest BCUT2D eigenvalue weighted by Crippen LogP contribution is -2.47. The van der Waals surface area contributed by atoms with Gasteiger partial charge in [-0.15, -0.1) is 0 Å². The molecule has 2 amide bonds. The van der Waals surface area contributed by atoms with Gasteiger partial charge in [0, 0.05) is 48.3 Å². The first-order chi connectivity index (χ1) is 15.7. The first-order valence-electron chi connectivity index (χ1n) is 10.7. The third kappa shape index (κ3) is 4.57. The number of carbonyl (C=O) groups excluding carboxylic acids is 1. The number of halogens is 1. The maximum atomic E-state index is 12.8. The van der Waals surface area contributed by atoms with Crippen molar-refractivity contribution in [3.63, 3.8) is 0 Å². The number of aromatic nitrogens is 3. The van der Waals surface area contributed by atoms with Crippen molar-refractivity contribution in [2.24, 2.45) is 0 Å². The Labute approximate surface area is 197 Å². The molecule has 0 saturated heterocycles. The number of rotatable bonds is 5. The van der Waals surface area contributed by atoms with E-state index in [1.54, 1.807) is 24.7 Å². The molecule has 9 heteroatoms. The number of hydrogen-bond donors (Lipinski definition) is 2. The third-order valence-corrected chi connectivity index (χ3v) is 6.06. The highest BCUT2D eigenvalue weighted by molar-refractivity contribution is 6.29. The Morgan fingerprint density at radius 1 is 1.21 bits per heavy atom. The second-order valence-corrected chi connectivity index (χ2v) is 9.41. The summed E-state index contributed by atoms with van der Waals surface area (Å²) in [5, 5.41) is 13.0. The van der Waals surface area contributed by atoms with Gasteiger partial charge in [0.05, 0.1) is 11.7 Å². The molecular weight excluding hydrogens is 442 g/mol. The molecule has 1 aliphatic heterocycles. The van der Waals surface area contributed by atoms with Crippen molar-refractivity contribution in [2.45, 2.75) is 38.8 Å². The third-order valence-electron chi connectivity index (χ3n) is 5.85. The molecule has 0 aliphatic carbocycles. The monoisotopic (exact) mass is 467 g/mol. The van der Waals surface area contributed by atoms with E-state index >= 15 is 0 Å². The van der Waals surface area contributed by atoms with Gasteiger partial charge in [-0.3, -0.25) is 9.78 Å². The number of fused-ring (bicyclic) bond motifs is 1. The van der Waals surface area contributed by atoms with Crippen molar-refractivity contribution in [3.8, 4) is 22.4 Å². The fourth-order valence-electron chi connectivity index (χ4n) is 4.29. The quantitative estimate of drug-likeness (QED) is 0.529. The van der Waals surface area contributed by atoms with Crippen LogP contribution >= 0.6 is 11.6 Å². The zero-order valence-corrected chi connectivity index (χ0v) is 19.5. The number of pyridine rings is 2. The minimum Gasteiger partial charge on any atom is -0.465 e. The van der Waals surface area contributed by atoms with Crippen LogP contribution in [0.4, 0.5) is 4.79 Å². The number of carbonyl (C=O) groups is 2. The highest BCUT2D eigenvalue weighted by Gasteiger charge is 2.33. The number of amides is 2. The Hall–Kier alpha value is -3.39. The van der Waals surface area contributed by atoms with Crippen molar-refractivity contribution < 1.29 is 14.7 Å².